The van der Waals surface area contributed by atoms with Crippen LogP contribution in [-0.4, -0.2) is 116 Å². The van der Waals surface area contributed by atoms with Crippen LogP contribution < -0.4 is 5.32 Å². The van der Waals surface area contributed by atoms with Crippen LogP contribution in [0.25, 0.3) is 0 Å². The van der Waals surface area contributed by atoms with Gasteiger partial charge in [0.1, 0.15) is 47.0 Å². The summed E-state index contributed by atoms with van der Waals surface area (Å²) in [7, 11) is 0. The van der Waals surface area contributed by atoms with Crippen molar-refractivity contribution in [3.63, 3.8) is 0 Å². The highest BCUT2D eigenvalue weighted by Crippen LogP contribution is 2.64. The maximum Gasteiger partial charge on any atom is 0.408 e. The van der Waals surface area contributed by atoms with Gasteiger partial charge in [-0.25, -0.2) is 14.4 Å². The molecule has 17 heteroatoms. The molecular formula is C45H54BrNO15. The summed E-state index contributed by atoms with van der Waals surface area (Å²) in [5.41, 5.74) is -8.39. The van der Waals surface area contributed by atoms with Gasteiger partial charge in [-0.3, -0.25) is 14.4 Å². The van der Waals surface area contributed by atoms with Gasteiger partial charge in [-0.15, -0.1) is 0 Å². The van der Waals surface area contributed by atoms with E-state index in [1.807, 2.05) is 0 Å². The molecule has 1 aliphatic heterocycles. The third kappa shape index (κ3) is 8.17. The number of carbonyl (C=O) groups excluding carboxylic acids is 6. The number of esters is 4. The van der Waals surface area contributed by atoms with Gasteiger partial charge in [0.15, 0.2) is 11.4 Å². The molecule has 2 aromatic rings. The highest BCUT2D eigenvalue weighted by molar-refractivity contribution is 9.09. The van der Waals surface area contributed by atoms with Crippen LogP contribution >= 0.6 is 15.9 Å². The Morgan fingerprint density at radius 2 is 1.58 bits per heavy atom. The zero-order valence-corrected chi connectivity index (χ0v) is 37.4. The number of aliphatic hydroxyl groups is 3. The molecule has 11 atom stereocenters. The lowest BCUT2D eigenvalue weighted by Gasteiger charge is -2.67. The number of ketones is 1. The first kappa shape index (κ1) is 46.8. The summed E-state index contributed by atoms with van der Waals surface area (Å²) < 4.78 is 35.6. The number of hydrogen-bond donors (Lipinski definition) is 4. The summed E-state index contributed by atoms with van der Waals surface area (Å²) in [4.78, 5) is 83.1. The second-order valence-corrected chi connectivity index (χ2v) is 18.7. The van der Waals surface area contributed by atoms with Crippen LogP contribution in [-0.2, 0) is 47.6 Å². The number of nitrogens with one attached hydrogen (secondary N) is 1. The van der Waals surface area contributed by atoms with Gasteiger partial charge in [0, 0.05) is 25.2 Å². The lowest BCUT2D eigenvalue weighted by Crippen LogP contribution is -2.81. The molecule has 336 valence electrons. The van der Waals surface area contributed by atoms with E-state index in [2.05, 4.69) is 21.2 Å². The van der Waals surface area contributed by atoms with Crippen molar-refractivity contribution in [3.05, 3.63) is 82.9 Å². The van der Waals surface area contributed by atoms with E-state index in [9.17, 15) is 39.3 Å². The number of rotatable bonds is 10. The standard InChI is InChI=1S/C45H54BrNO15/c1-23-27(58-39(54)34(59-30(50)21-46)32(25-15-11-9-12-16-25)47-40(55)62-41(3,4)5)20-45(56)37(60-38(53)26-17-13-10-14-18-26)35-43(8,36(52)33(51)31(23)42(45,6)7)28(49)19-29-44(35,22-57-29)61-24(2)48/h9-18,27-29,32-35,37,49,51,56H,19-22H2,1-8H3,(H,47,55)/t27?,28-,29+,32?,33+,34?,35?,37?,43+,44-,45+/m0/s1. The van der Waals surface area contributed by atoms with Crippen molar-refractivity contribution in [3.8, 4) is 0 Å². The highest BCUT2D eigenvalue weighted by Gasteiger charge is 2.78. The van der Waals surface area contributed by atoms with Gasteiger partial charge >= 0.3 is 30.0 Å². The number of alkyl halides is 1. The zero-order chi connectivity index (χ0) is 45.7. The quantitative estimate of drug-likeness (QED) is 0.113. The minimum absolute atomic E-state index is 0.0648. The van der Waals surface area contributed by atoms with E-state index in [0.29, 0.717) is 5.56 Å². The number of hydrogen-bond acceptors (Lipinski definition) is 15. The Morgan fingerprint density at radius 3 is 2.13 bits per heavy atom. The Bertz CT molecular complexity index is 2120. The minimum atomic E-state index is -2.40. The first-order chi connectivity index (χ1) is 28.9. The van der Waals surface area contributed by atoms with E-state index in [1.165, 1.54) is 39.8 Å². The predicted molar refractivity (Wildman–Crippen MR) is 221 cm³/mol. The molecule has 2 saturated carbocycles. The van der Waals surface area contributed by atoms with Crippen LogP contribution in [0.4, 0.5) is 4.79 Å². The van der Waals surface area contributed by atoms with E-state index in [-0.39, 0.29) is 35.1 Å². The van der Waals surface area contributed by atoms with Crippen LogP contribution in [0, 0.1) is 16.7 Å². The van der Waals surface area contributed by atoms with Crippen molar-refractivity contribution in [1.82, 2.24) is 5.32 Å². The van der Waals surface area contributed by atoms with Gasteiger partial charge in [0.2, 0.25) is 6.10 Å². The molecule has 1 heterocycles. The van der Waals surface area contributed by atoms with Crippen molar-refractivity contribution < 1.29 is 72.5 Å². The van der Waals surface area contributed by atoms with E-state index in [1.54, 1.807) is 69.3 Å². The van der Waals surface area contributed by atoms with Gasteiger partial charge in [0.25, 0.3) is 0 Å². The van der Waals surface area contributed by atoms with Crippen molar-refractivity contribution >= 4 is 51.7 Å². The number of halogens is 1. The van der Waals surface area contributed by atoms with Gasteiger partial charge in [-0.1, -0.05) is 78.3 Å². The normalized spacial score (nSPS) is 32.2. The third-order valence-electron chi connectivity index (χ3n) is 12.9. The Labute approximate surface area is 367 Å². The molecule has 4 aliphatic rings. The van der Waals surface area contributed by atoms with Gasteiger partial charge < -0.3 is 49.1 Å². The number of fused-ring (bicyclic) bond motifs is 5. The molecule has 6 rings (SSSR count). The highest BCUT2D eigenvalue weighted by atomic mass is 79.9. The molecule has 16 nitrogen and oxygen atoms in total. The van der Waals surface area contributed by atoms with E-state index >= 15 is 4.79 Å². The molecular weight excluding hydrogens is 874 g/mol. The second-order valence-electron chi connectivity index (χ2n) is 18.2. The molecule has 62 heavy (non-hydrogen) atoms. The molecule has 0 radical (unpaired) electrons. The third-order valence-corrected chi connectivity index (χ3v) is 13.4. The molecule has 2 aromatic carbocycles. The number of aliphatic hydroxyl groups excluding tert-OH is 2. The summed E-state index contributed by atoms with van der Waals surface area (Å²) in [5, 5.41) is 40.1. The molecule has 5 unspecified atom stereocenters. The fourth-order valence-electron chi connectivity index (χ4n) is 9.84. The van der Waals surface area contributed by atoms with Crippen molar-refractivity contribution in [1.29, 1.82) is 0 Å². The number of ether oxygens (including phenoxy) is 6. The van der Waals surface area contributed by atoms with Crippen LogP contribution in [0.3, 0.4) is 0 Å². The first-order valence-electron chi connectivity index (χ1n) is 20.3. The molecule has 3 fully saturated rings. The minimum Gasteiger partial charge on any atom is -0.455 e. The van der Waals surface area contributed by atoms with Crippen molar-refractivity contribution in [2.45, 2.75) is 128 Å². The Morgan fingerprint density at radius 1 is 0.968 bits per heavy atom. The second kappa shape index (κ2) is 17.1. The average Bonchev–Trinajstić information content (AvgIpc) is 3.20. The predicted octanol–water partition coefficient (Wildman–Crippen LogP) is 4.21. The first-order valence-corrected chi connectivity index (χ1v) is 21.5. The van der Waals surface area contributed by atoms with Crippen LogP contribution in [0.15, 0.2) is 71.8 Å². The van der Waals surface area contributed by atoms with Crippen LogP contribution in [0.1, 0.15) is 90.2 Å². The van der Waals surface area contributed by atoms with Crippen LogP contribution in [0.5, 0.6) is 0 Å². The monoisotopic (exact) mass is 927 g/mol. The summed E-state index contributed by atoms with van der Waals surface area (Å²) >= 11 is 3.05. The summed E-state index contributed by atoms with van der Waals surface area (Å²) in [6.45, 7) is 11.7. The van der Waals surface area contributed by atoms with Crippen molar-refractivity contribution in [2.75, 3.05) is 11.9 Å². The average molecular weight is 929 g/mol. The topological polar surface area (TPSA) is 231 Å². The fourth-order valence-corrected chi connectivity index (χ4v) is 9.97. The molecule has 4 N–H and O–H groups in total. The summed E-state index contributed by atoms with van der Waals surface area (Å²) in [5.74, 6) is -6.31. The fraction of sp³-hybridized carbons (Fsp3) is 0.556. The molecule has 1 saturated heterocycles. The Balaban J connectivity index is 1.53. The lowest BCUT2D eigenvalue weighted by molar-refractivity contribution is -0.346. The van der Waals surface area contributed by atoms with E-state index in [0.717, 1.165) is 6.92 Å². The zero-order valence-electron chi connectivity index (χ0n) is 35.8. The number of benzene rings is 2. The SMILES string of the molecule is CC(=O)O[C@@]12CO[C@@H]1C[C@H](O)[C@@]1(C)C(=O)[C@H](O)C3=C(C)C(OC(=O)C(OC(=O)CBr)C(NC(=O)OC(C)(C)C)c4ccccc4)C[C@@](O)(C(OC(=O)c4ccccc4)C12)C3(C)C. The van der Waals surface area contributed by atoms with Gasteiger partial charge in [-0.2, -0.15) is 0 Å². The molecule has 0 aromatic heterocycles. The summed E-state index contributed by atoms with van der Waals surface area (Å²) in [6, 6.07) is 14.6. The van der Waals surface area contributed by atoms with Crippen molar-refractivity contribution in [2.24, 2.45) is 16.7 Å². The molecule has 3 aliphatic carbocycles. The Hall–Kier alpha value is -4.68. The molecule has 2 bridgehead atoms. The number of Topliss-reactive ketones (excluding diaryl/α,β-unsaturated/α-hetero) is 1. The number of carbonyl (C=O) groups is 6. The lowest BCUT2D eigenvalue weighted by atomic mass is 9.44. The number of alkyl carbamates (subject to hydrolysis) is 1. The molecule has 0 spiro atoms. The maximum absolute atomic E-state index is 15.1. The van der Waals surface area contributed by atoms with Gasteiger partial charge in [-0.05, 0) is 63.5 Å². The number of amides is 1. The molecule has 1 amide bonds. The largest absolute Gasteiger partial charge is 0.455 e. The summed E-state index contributed by atoms with van der Waals surface area (Å²) in [6.07, 6.45) is -11.6. The maximum atomic E-state index is 15.1. The van der Waals surface area contributed by atoms with E-state index in [4.69, 9.17) is 28.4 Å². The Kier molecular flexibility index (Phi) is 12.9. The van der Waals surface area contributed by atoms with E-state index < -0.39 is 118 Å². The van der Waals surface area contributed by atoms with Gasteiger partial charge in [0.05, 0.1) is 29.6 Å². The van der Waals surface area contributed by atoms with Crippen LogP contribution in [0.2, 0.25) is 0 Å². The smallest absolute Gasteiger partial charge is 0.408 e.